The molecule has 2 bridgehead atoms. The summed E-state index contributed by atoms with van der Waals surface area (Å²) in [5, 5.41) is 12.4. The van der Waals surface area contributed by atoms with Crippen LogP contribution >= 0.6 is 12.4 Å². The minimum atomic E-state index is -0.864. The average molecular weight is 269 g/mol. The Hall–Kier alpha value is -1.26. The molecule has 2 saturated heterocycles. The molecule has 0 radical (unpaired) electrons. The number of aromatic carboxylic acids is 1. The van der Waals surface area contributed by atoms with Gasteiger partial charge in [0.2, 0.25) is 0 Å². The molecule has 18 heavy (non-hydrogen) atoms. The Bertz CT molecular complexity index is 423. The van der Waals surface area contributed by atoms with Crippen molar-refractivity contribution >= 4 is 24.1 Å². The van der Waals surface area contributed by atoms with Crippen LogP contribution in [-0.4, -0.2) is 36.2 Å². The number of piperazine rings is 1. The van der Waals surface area contributed by atoms with Crippen LogP contribution < -0.4 is 10.2 Å². The third kappa shape index (κ3) is 2.44. The molecule has 0 spiro atoms. The van der Waals surface area contributed by atoms with Crippen molar-refractivity contribution in [2.24, 2.45) is 0 Å². The molecule has 4 nitrogen and oxygen atoms in total. The smallest absolute Gasteiger partial charge is 0.335 e. The highest BCUT2D eigenvalue weighted by Gasteiger charge is 2.32. The number of anilines is 1. The van der Waals surface area contributed by atoms with Gasteiger partial charge in [0.1, 0.15) is 0 Å². The van der Waals surface area contributed by atoms with Gasteiger partial charge in [-0.25, -0.2) is 4.79 Å². The van der Waals surface area contributed by atoms with Crippen molar-refractivity contribution in [3.05, 3.63) is 29.8 Å². The van der Waals surface area contributed by atoms with Crippen molar-refractivity contribution in [2.45, 2.75) is 24.9 Å². The molecule has 2 unspecified atom stereocenters. The fourth-order valence-electron chi connectivity index (χ4n) is 2.82. The number of benzene rings is 1. The van der Waals surface area contributed by atoms with Crippen LogP contribution in [0, 0.1) is 0 Å². The van der Waals surface area contributed by atoms with Gasteiger partial charge in [-0.3, -0.25) is 0 Å². The number of nitrogens with one attached hydrogen (secondary N) is 1. The standard InChI is InChI=1S/C13H16N2O2.ClH/c16-13(17)9-1-5-12(6-2-9)15-7-10-3-4-11(8-15)14-10;/h1-2,5-6,10-11,14H,3-4,7-8H2,(H,16,17);1H. The summed E-state index contributed by atoms with van der Waals surface area (Å²) in [7, 11) is 0. The summed E-state index contributed by atoms with van der Waals surface area (Å²) in [6.07, 6.45) is 2.52. The first kappa shape index (κ1) is 13.2. The molecule has 2 atom stereocenters. The van der Waals surface area contributed by atoms with Gasteiger partial charge in [-0.1, -0.05) is 0 Å². The molecule has 2 fully saturated rings. The molecule has 0 aliphatic carbocycles. The Morgan fingerprint density at radius 3 is 2.22 bits per heavy atom. The summed E-state index contributed by atoms with van der Waals surface area (Å²) in [4.78, 5) is 13.1. The molecule has 0 amide bonds. The van der Waals surface area contributed by atoms with Crippen molar-refractivity contribution < 1.29 is 9.90 Å². The normalized spacial score (nSPS) is 25.7. The summed E-state index contributed by atoms with van der Waals surface area (Å²) in [6, 6.07) is 8.40. The molecule has 0 saturated carbocycles. The van der Waals surface area contributed by atoms with Gasteiger partial charge >= 0.3 is 5.97 Å². The lowest BCUT2D eigenvalue weighted by atomic mass is 10.1. The van der Waals surface area contributed by atoms with E-state index in [1.54, 1.807) is 12.1 Å². The number of rotatable bonds is 2. The Morgan fingerprint density at radius 2 is 1.72 bits per heavy atom. The van der Waals surface area contributed by atoms with Gasteiger partial charge in [0.05, 0.1) is 5.56 Å². The summed E-state index contributed by atoms with van der Waals surface area (Å²) < 4.78 is 0. The molecule has 0 aromatic heterocycles. The van der Waals surface area contributed by atoms with Crippen LogP contribution in [0.25, 0.3) is 0 Å². The minimum absolute atomic E-state index is 0. The third-order valence-electron chi connectivity index (χ3n) is 3.70. The molecule has 2 N–H and O–H groups in total. The van der Waals surface area contributed by atoms with Gasteiger partial charge in [0.15, 0.2) is 0 Å². The molecular weight excluding hydrogens is 252 g/mol. The fourth-order valence-corrected chi connectivity index (χ4v) is 2.82. The maximum atomic E-state index is 10.8. The molecule has 2 aliphatic rings. The number of carbonyl (C=O) groups is 1. The Balaban J connectivity index is 0.00000120. The van der Waals surface area contributed by atoms with E-state index in [2.05, 4.69) is 10.2 Å². The van der Waals surface area contributed by atoms with Crippen molar-refractivity contribution in [3.63, 3.8) is 0 Å². The van der Waals surface area contributed by atoms with Crippen LogP contribution in [0.3, 0.4) is 0 Å². The number of carboxylic acid groups (broad SMARTS) is 1. The van der Waals surface area contributed by atoms with Gasteiger partial charge in [-0.2, -0.15) is 0 Å². The van der Waals surface area contributed by atoms with E-state index >= 15 is 0 Å². The highest BCUT2D eigenvalue weighted by atomic mass is 35.5. The first-order valence-electron chi connectivity index (χ1n) is 6.07. The van der Waals surface area contributed by atoms with Gasteiger partial charge in [0, 0.05) is 30.9 Å². The zero-order valence-electron chi connectivity index (χ0n) is 10.0. The van der Waals surface area contributed by atoms with Crippen LogP contribution in [0.15, 0.2) is 24.3 Å². The van der Waals surface area contributed by atoms with E-state index in [-0.39, 0.29) is 12.4 Å². The van der Waals surface area contributed by atoms with Gasteiger partial charge < -0.3 is 15.3 Å². The molecule has 98 valence electrons. The summed E-state index contributed by atoms with van der Waals surface area (Å²) in [5.41, 5.74) is 1.49. The van der Waals surface area contributed by atoms with Gasteiger partial charge in [0.25, 0.3) is 0 Å². The Kier molecular flexibility index (Phi) is 3.78. The fraction of sp³-hybridized carbons (Fsp3) is 0.462. The quantitative estimate of drug-likeness (QED) is 0.858. The molecule has 3 rings (SSSR count). The summed E-state index contributed by atoms with van der Waals surface area (Å²) in [5.74, 6) is -0.864. The van der Waals surface area contributed by atoms with E-state index < -0.39 is 5.97 Å². The van der Waals surface area contributed by atoms with Crippen LogP contribution in [0.1, 0.15) is 23.2 Å². The lowest BCUT2D eigenvalue weighted by Crippen LogP contribution is -2.51. The van der Waals surface area contributed by atoms with E-state index in [9.17, 15) is 4.79 Å². The van der Waals surface area contributed by atoms with Crippen LogP contribution in [0.5, 0.6) is 0 Å². The molecule has 5 heteroatoms. The van der Waals surface area contributed by atoms with Crippen molar-refractivity contribution in [1.29, 1.82) is 0 Å². The Labute approximate surface area is 112 Å². The van der Waals surface area contributed by atoms with Crippen LogP contribution in [0.4, 0.5) is 5.69 Å². The second-order valence-corrected chi connectivity index (χ2v) is 4.89. The van der Waals surface area contributed by atoms with Gasteiger partial charge in [-0.15, -0.1) is 12.4 Å². The predicted octanol–water partition coefficient (Wildman–Crippen LogP) is 1.75. The number of fused-ring (bicyclic) bond motifs is 2. The number of carboxylic acids is 1. The Morgan fingerprint density at radius 1 is 1.17 bits per heavy atom. The van der Waals surface area contributed by atoms with Crippen molar-refractivity contribution in [3.8, 4) is 0 Å². The highest BCUT2D eigenvalue weighted by Crippen LogP contribution is 2.25. The maximum Gasteiger partial charge on any atom is 0.335 e. The maximum absolute atomic E-state index is 10.8. The lowest BCUT2D eigenvalue weighted by Gasteiger charge is -2.34. The monoisotopic (exact) mass is 268 g/mol. The van der Waals surface area contributed by atoms with Gasteiger partial charge in [-0.05, 0) is 37.1 Å². The number of nitrogens with zero attached hydrogens (tertiary/aromatic N) is 1. The predicted molar refractivity (Wildman–Crippen MR) is 72.8 cm³/mol. The highest BCUT2D eigenvalue weighted by molar-refractivity contribution is 5.88. The average Bonchev–Trinajstić information content (AvgIpc) is 2.68. The van der Waals surface area contributed by atoms with E-state index in [0.29, 0.717) is 17.6 Å². The number of halogens is 1. The molecule has 2 aliphatic heterocycles. The topological polar surface area (TPSA) is 52.6 Å². The zero-order valence-corrected chi connectivity index (χ0v) is 10.8. The molecule has 1 aromatic rings. The molecular formula is C13H17ClN2O2. The first-order valence-corrected chi connectivity index (χ1v) is 6.07. The van der Waals surface area contributed by atoms with Crippen LogP contribution in [0.2, 0.25) is 0 Å². The summed E-state index contributed by atoms with van der Waals surface area (Å²) in [6.45, 7) is 2.06. The van der Waals surface area contributed by atoms with Crippen molar-refractivity contribution in [2.75, 3.05) is 18.0 Å². The van der Waals surface area contributed by atoms with E-state index in [4.69, 9.17) is 5.11 Å². The SMILES string of the molecule is Cl.O=C(O)c1ccc(N2CC3CCC(C2)N3)cc1. The zero-order chi connectivity index (χ0) is 11.8. The first-order chi connectivity index (χ1) is 8.22. The number of hydrogen-bond acceptors (Lipinski definition) is 3. The second kappa shape index (κ2) is 5.16. The summed E-state index contributed by atoms with van der Waals surface area (Å²) >= 11 is 0. The third-order valence-corrected chi connectivity index (χ3v) is 3.70. The van der Waals surface area contributed by atoms with E-state index in [1.165, 1.54) is 12.8 Å². The minimum Gasteiger partial charge on any atom is -0.478 e. The van der Waals surface area contributed by atoms with Crippen molar-refractivity contribution in [1.82, 2.24) is 5.32 Å². The second-order valence-electron chi connectivity index (χ2n) is 4.89. The molecule has 2 heterocycles. The lowest BCUT2D eigenvalue weighted by molar-refractivity contribution is 0.0697. The molecule has 1 aromatic carbocycles. The largest absolute Gasteiger partial charge is 0.478 e. The van der Waals surface area contributed by atoms with Crippen LogP contribution in [-0.2, 0) is 0 Å². The number of hydrogen-bond donors (Lipinski definition) is 2. The van der Waals surface area contributed by atoms with E-state index in [0.717, 1.165) is 18.8 Å². The van der Waals surface area contributed by atoms with E-state index in [1.807, 2.05) is 12.1 Å².